The van der Waals surface area contributed by atoms with E-state index in [1.54, 1.807) is 0 Å². The van der Waals surface area contributed by atoms with Gasteiger partial charge in [0.15, 0.2) is 0 Å². The van der Waals surface area contributed by atoms with Crippen molar-refractivity contribution < 1.29 is 29.6 Å². The second-order valence-electron chi connectivity index (χ2n) is 0.236. The Morgan fingerprint density at radius 1 is 1.33 bits per heavy atom. The molecular weight excluding hydrogens is 135 g/mol. The zero-order valence-electron chi connectivity index (χ0n) is 3.45. The smallest absolute Gasteiger partial charge is 1.00 e. The first kappa shape index (κ1) is 27.9. The van der Waals surface area contributed by atoms with Crippen molar-refractivity contribution >= 4 is 29.3 Å². The van der Waals surface area contributed by atoms with Crippen LogP contribution in [0, 0.1) is 0 Å². The van der Waals surface area contributed by atoms with Gasteiger partial charge in [0, 0.05) is 0 Å². The maximum atomic E-state index is 8.81. The number of halogens is 2. The predicted molar refractivity (Wildman–Crippen MR) is 17.5 cm³/mol. The van der Waals surface area contributed by atoms with Gasteiger partial charge in [-0.15, -0.1) is 0 Å². The minimum Gasteiger partial charge on any atom is -1.00 e. The summed E-state index contributed by atoms with van der Waals surface area (Å²) < 4.78 is 0. The molecule has 0 fully saturated rings. The Morgan fingerprint density at radius 3 is 1.33 bits per heavy atom. The molecule has 0 aromatic carbocycles. The Kier molecular flexibility index (Phi) is 173. The van der Waals surface area contributed by atoms with Crippen molar-refractivity contribution in [2.45, 2.75) is 6.92 Å². The van der Waals surface area contributed by atoms with Crippen molar-refractivity contribution in [3.63, 3.8) is 0 Å². The summed E-state index contributed by atoms with van der Waals surface area (Å²) in [6.07, 6.45) is 0.750. The van der Waals surface area contributed by atoms with Crippen LogP contribution in [0.2, 0.25) is 0 Å². The molecule has 0 spiro atoms. The summed E-state index contributed by atoms with van der Waals surface area (Å²) in [5.74, 6) is 0. The number of aldehydes is 1. The van der Waals surface area contributed by atoms with Crippen LogP contribution in [0.4, 0.5) is 0 Å². The van der Waals surface area contributed by atoms with Gasteiger partial charge in [0.1, 0.15) is 6.29 Å². The van der Waals surface area contributed by atoms with E-state index in [-0.39, 0.29) is 47.9 Å². The van der Waals surface area contributed by atoms with E-state index >= 15 is 0 Å². The summed E-state index contributed by atoms with van der Waals surface area (Å²) >= 11 is 0. The van der Waals surface area contributed by atoms with Crippen LogP contribution in [0.15, 0.2) is 0 Å². The molecule has 0 aromatic rings. The molecule has 0 aromatic heterocycles. The van der Waals surface area contributed by atoms with Crippen molar-refractivity contribution in [3.05, 3.63) is 0 Å². The molecule has 0 aliphatic rings. The molecule has 0 saturated heterocycles. The minimum atomic E-state index is 0. The molecule has 0 rings (SSSR count). The van der Waals surface area contributed by atoms with E-state index in [0.717, 1.165) is 6.29 Å². The maximum absolute atomic E-state index is 8.81. The fourth-order valence-electron chi connectivity index (χ4n) is 0. The second kappa shape index (κ2) is 37.2. The van der Waals surface area contributed by atoms with Crippen LogP contribution in [0.3, 0.4) is 0 Å². The molecule has 0 amide bonds. The summed E-state index contributed by atoms with van der Waals surface area (Å²) in [6.45, 7) is 1.44. The van der Waals surface area contributed by atoms with Crippen molar-refractivity contribution in [2.75, 3.05) is 0 Å². The van der Waals surface area contributed by atoms with E-state index in [1.807, 2.05) is 0 Å². The molecule has 4 heteroatoms. The van der Waals surface area contributed by atoms with Crippen molar-refractivity contribution in [2.24, 2.45) is 0 Å². The third kappa shape index (κ3) is 78.3. The number of hydrogen-bond donors (Lipinski definition) is 0. The summed E-state index contributed by atoms with van der Waals surface area (Å²) in [7, 11) is 0. The zero-order chi connectivity index (χ0) is 2.71. The fraction of sp³-hybridized carbons (Fsp3) is 0.500. The molecule has 0 bridgehead atoms. The van der Waals surface area contributed by atoms with Crippen LogP contribution >= 0.6 is 0 Å². The number of carbonyl (C=O) groups excluding carboxylic acids is 1. The van der Waals surface area contributed by atoms with Gasteiger partial charge in [-0.1, -0.05) is 0 Å². The first-order valence-electron chi connectivity index (χ1n) is 0.813. The van der Waals surface area contributed by atoms with Gasteiger partial charge < -0.3 is 29.6 Å². The largest absolute Gasteiger partial charge is 2.00 e. The van der Waals surface area contributed by atoms with E-state index in [4.69, 9.17) is 4.79 Å². The average molecular weight is 139 g/mol. The van der Waals surface area contributed by atoms with Gasteiger partial charge in [0.05, 0.1) is 0 Å². The molecule has 0 N–H and O–H groups in total. The molecule has 34 valence electrons. The Balaban J connectivity index is -0.00000000667. The molecule has 0 radical (unpaired) electrons. The van der Waals surface area contributed by atoms with Crippen LogP contribution in [-0.4, -0.2) is 29.3 Å². The molecule has 0 unspecified atom stereocenters. The van der Waals surface area contributed by atoms with Crippen LogP contribution in [-0.2, 0) is 4.79 Å². The third-order valence-corrected chi connectivity index (χ3v) is 0. The Hall–Kier alpha value is 1.02. The molecule has 1 nitrogen and oxygen atoms in total. The first-order valence-corrected chi connectivity index (χ1v) is 0.813. The number of carbonyl (C=O) groups is 1. The van der Waals surface area contributed by atoms with Crippen LogP contribution < -0.4 is 24.8 Å². The van der Waals surface area contributed by atoms with E-state index in [0.29, 0.717) is 0 Å². The zero-order valence-corrected chi connectivity index (χ0v) is 6.37. The molecule has 0 aliphatic heterocycles. The molecular formula is C2H4Cl2MgO. The van der Waals surface area contributed by atoms with Crippen LogP contribution in [0.5, 0.6) is 0 Å². The van der Waals surface area contributed by atoms with E-state index in [1.165, 1.54) is 6.92 Å². The van der Waals surface area contributed by atoms with Gasteiger partial charge in [-0.25, -0.2) is 0 Å². The molecule has 0 aliphatic carbocycles. The summed E-state index contributed by atoms with van der Waals surface area (Å²) in [6, 6.07) is 0. The average Bonchev–Trinajstić information content (AvgIpc) is 0.918. The quantitative estimate of drug-likeness (QED) is 0.241. The standard InChI is InChI=1S/C2H4O.2ClH.Mg/c1-2-3;;;/h2H,1H3;2*1H;/q;;;+2/p-2. The Labute approximate surface area is 65.8 Å². The number of hydrogen-bond acceptors (Lipinski definition) is 1. The first-order chi connectivity index (χ1) is 1.41. The fourth-order valence-corrected chi connectivity index (χ4v) is 0. The van der Waals surface area contributed by atoms with Crippen molar-refractivity contribution in [1.29, 1.82) is 0 Å². The molecule has 0 heterocycles. The molecule has 0 atom stereocenters. The maximum Gasteiger partial charge on any atom is 2.00 e. The van der Waals surface area contributed by atoms with Crippen LogP contribution in [0.1, 0.15) is 6.92 Å². The van der Waals surface area contributed by atoms with Gasteiger partial charge in [-0.2, -0.15) is 0 Å². The van der Waals surface area contributed by atoms with E-state index < -0.39 is 0 Å². The van der Waals surface area contributed by atoms with E-state index in [2.05, 4.69) is 0 Å². The van der Waals surface area contributed by atoms with Gasteiger partial charge >= 0.3 is 23.1 Å². The SMILES string of the molecule is CC=O.[Cl-].[Cl-].[Mg+2]. The third-order valence-electron chi connectivity index (χ3n) is 0. The molecule has 0 saturated carbocycles. The van der Waals surface area contributed by atoms with E-state index in [9.17, 15) is 0 Å². The number of rotatable bonds is 0. The summed E-state index contributed by atoms with van der Waals surface area (Å²) in [5.41, 5.74) is 0. The Morgan fingerprint density at radius 2 is 1.33 bits per heavy atom. The monoisotopic (exact) mass is 138 g/mol. The van der Waals surface area contributed by atoms with Gasteiger partial charge in [-0.05, 0) is 6.92 Å². The minimum absolute atomic E-state index is 0. The van der Waals surface area contributed by atoms with Gasteiger partial charge in [-0.3, -0.25) is 0 Å². The van der Waals surface area contributed by atoms with Gasteiger partial charge in [0.25, 0.3) is 0 Å². The normalized spacial score (nSPS) is 2.17. The van der Waals surface area contributed by atoms with Crippen LogP contribution in [0.25, 0.3) is 0 Å². The van der Waals surface area contributed by atoms with Gasteiger partial charge in [0.2, 0.25) is 0 Å². The predicted octanol–water partition coefficient (Wildman–Crippen LogP) is -6.17. The Bertz CT molecular complexity index is 19.0. The molecule has 6 heavy (non-hydrogen) atoms. The van der Waals surface area contributed by atoms with Crippen molar-refractivity contribution in [1.82, 2.24) is 0 Å². The summed E-state index contributed by atoms with van der Waals surface area (Å²) in [4.78, 5) is 8.81. The second-order valence-corrected chi connectivity index (χ2v) is 0.236. The summed E-state index contributed by atoms with van der Waals surface area (Å²) in [5, 5.41) is 0. The van der Waals surface area contributed by atoms with Crippen molar-refractivity contribution in [3.8, 4) is 0 Å². The topological polar surface area (TPSA) is 17.1 Å².